The molecule has 0 atom stereocenters. The summed E-state index contributed by atoms with van der Waals surface area (Å²) in [5, 5.41) is 17.3. The normalized spacial score (nSPS) is 12.2. The summed E-state index contributed by atoms with van der Waals surface area (Å²) in [6, 6.07) is 3.07. The quantitative estimate of drug-likeness (QED) is 0.353. The summed E-state index contributed by atoms with van der Waals surface area (Å²) in [5.41, 5.74) is 2.56. The van der Waals surface area contributed by atoms with Gasteiger partial charge in [0.25, 0.3) is 20.2 Å². The molecule has 2 rings (SSSR count). The number of hydrogen-bond acceptors (Lipinski definition) is 7. The van der Waals surface area contributed by atoms with Crippen LogP contribution in [-0.2, 0) is 20.2 Å². The lowest BCUT2D eigenvalue weighted by molar-refractivity contribution is 0.0692. The second kappa shape index (κ2) is 5.66. The van der Waals surface area contributed by atoms with Crippen LogP contribution in [0.15, 0.2) is 28.0 Å². The standard InChI is InChI=1S/C12H9NO10S2/c13-8-4-2-1-3-5(11(14)15)6(4)7(12(16)17)9(24(18,19)20)10(8)25(21,22)23/h1-3H,13H2,(H,14,15)(H,16,17)(H,18,19,20)(H,21,22,23). The molecule has 0 bridgehead atoms. The summed E-state index contributed by atoms with van der Waals surface area (Å²) in [6.07, 6.45) is 0. The third-order valence-corrected chi connectivity index (χ3v) is 5.24. The molecule has 0 amide bonds. The van der Waals surface area contributed by atoms with Gasteiger partial charge in [0.05, 0.1) is 16.8 Å². The van der Waals surface area contributed by atoms with Crippen LogP contribution >= 0.6 is 0 Å². The van der Waals surface area contributed by atoms with Crippen LogP contribution in [0.3, 0.4) is 0 Å². The Hall–Kier alpha value is -2.74. The van der Waals surface area contributed by atoms with E-state index in [4.69, 9.17) is 5.73 Å². The molecule has 0 saturated heterocycles. The second-order valence-corrected chi connectivity index (χ2v) is 7.45. The molecule has 0 aliphatic heterocycles. The fraction of sp³-hybridized carbons (Fsp3) is 0. The first-order valence-electron chi connectivity index (χ1n) is 6.08. The lowest BCUT2D eigenvalue weighted by Gasteiger charge is -2.16. The summed E-state index contributed by atoms with van der Waals surface area (Å²) in [6.45, 7) is 0. The molecule has 0 aromatic heterocycles. The average molecular weight is 391 g/mol. The number of anilines is 1. The van der Waals surface area contributed by atoms with Crippen LogP contribution in [0.5, 0.6) is 0 Å². The van der Waals surface area contributed by atoms with Gasteiger partial charge in [0, 0.05) is 10.8 Å². The summed E-state index contributed by atoms with van der Waals surface area (Å²) in [7, 11) is -10.9. The van der Waals surface area contributed by atoms with E-state index in [0.717, 1.165) is 18.2 Å². The number of carbonyl (C=O) groups is 2. The van der Waals surface area contributed by atoms with Crippen LogP contribution < -0.4 is 5.73 Å². The predicted octanol–water partition coefficient (Wildman–Crippen LogP) is 0.312. The number of nitrogens with two attached hydrogens (primary N) is 1. The molecule has 0 unspecified atom stereocenters. The highest BCUT2D eigenvalue weighted by atomic mass is 32.2. The molecule has 0 heterocycles. The minimum Gasteiger partial charge on any atom is -0.478 e. The zero-order valence-electron chi connectivity index (χ0n) is 11.9. The molecule has 0 radical (unpaired) electrons. The van der Waals surface area contributed by atoms with Gasteiger partial charge in [-0.1, -0.05) is 12.1 Å². The number of rotatable bonds is 4. The third kappa shape index (κ3) is 3.00. The lowest BCUT2D eigenvalue weighted by atomic mass is 9.97. The van der Waals surface area contributed by atoms with E-state index in [1.807, 2.05) is 0 Å². The van der Waals surface area contributed by atoms with Crippen molar-refractivity contribution in [3.63, 3.8) is 0 Å². The molecule has 13 heteroatoms. The zero-order valence-corrected chi connectivity index (χ0v) is 13.5. The molecule has 134 valence electrons. The van der Waals surface area contributed by atoms with E-state index in [1.54, 1.807) is 0 Å². The third-order valence-electron chi connectivity index (χ3n) is 3.24. The van der Waals surface area contributed by atoms with Crippen molar-refractivity contribution >= 4 is 48.6 Å². The maximum atomic E-state index is 11.6. The van der Waals surface area contributed by atoms with Crippen molar-refractivity contribution < 1.29 is 45.7 Å². The molecule has 0 aliphatic rings. The van der Waals surface area contributed by atoms with Gasteiger partial charge in [-0.25, -0.2) is 9.59 Å². The van der Waals surface area contributed by atoms with Gasteiger partial charge in [-0.15, -0.1) is 0 Å². The number of carboxylic acid groups (broad SMARTS) is 2. The molecule has 25 heavy (non-hydrogen) atoms. The smallest absolute Gasteiger partial charge is 0.337 e. The van der Waals surface area contributed by atoms with Gasteiger partial charge in [-0.3, -0.25) is 9.11 Å². The van der Waals surface area contributed by atoms with Gasteiger partial charge in [-0.05, 0) is 6.07 Å². The van der Waals surface area contributed by atoms with Gasteiger partial charge in [0.15, 0.2) is 0 Å². The Balaban J connectivity index is 3.44. The maximum absolute atomic E-state index is 11.6. The van der Waals surface area contributed by atoms with Crippen molar-refractivity contribution in [3.8, 4) is 0 Å². The van der Waals surface area contributed by atoms with E-state index in [9.17, 15) is 45.7 Å². The Kier molecular flexibility index (Phi) is 4.21. The van der Waals surface area contributed by atoms with E-state index in [0.29, 0.717) is 0 Å². The molecule has 11 nitrogen and oxygen atoms in total. The molecular formula is C12H9NO10S2. The van der Waals surface area contributed by atoms with Crippen molar-refractivity contribution in [2.75, 3.05) is 5.73 Å². The van der Waals surface area contributed by atoms with Gasteiger partial charge in [-0.2, -0.15) is 16.8 Å². The highest BCUT2D eigenvalue weighted by Crippen LogP contribution is 2.39. The number of nitrogen functional groups attached to an aromatic ring is 1. The monoisotopic (exact) mass is 391 g/mol. The molecule has 6 N–H and O–H groups in total. The summed E-state index contributed by atoms with van der Waals surface area (Å²) in [5.74, 6) is -3.72. The van der Waals surface area contributed by atoms with Crippen LogP contribution in [0.2, 0.25) is 0 Å². The van der Waals surface area contributed by atoms with Crippen LogP contribution in [0.4, 0.5) is 5.69 Å². The Morgan fingerprint density at radius 2 is 1.40 bits per heavy atom. The van der Waals surface area contributed by atoms with Crippen molar-refractivity contribution in [2.24, 2.45) is 0 Å². The van der Waals surface area contributed by atoms with E-state index < -0.39 is 69.6 Å². The number of aromatic carboxylic acids is 2. The first kappa shape index (κ1) is 18.6. The Bertz CT molecular complexity index is 1150. The van der Waals surface area contributed by atoms with Crippen molar-refractivity contribution in [1.29, 1.82) is 0 Å². The SMILES string of the molecule is Nc1c(S(=O)(=O)O)c(S(=O)(=O)O)c(C(=O)O)c2c(C(=O)O)cccc12. The lowest BCUT2D eigenvalue weighted by Crippen LogP contribution is -2.18. The van der Waals surface area contributed by atoms with E-state index in [1.165, 1.54) is 0 Å². The zero-order chi connectivity index (χ0) is 19.3. The average Bonchev–Trinajstić information content (AvgIpc) is 2.43. The maximum Gasteiger partial charge on any atom is 0.337 e. The largest absolute Gasteiger partial charge is 0.478 e. The van der Waals surface area contributed by atoms with Crippen LogP contribution in [0, 0.1) is 0 Å². The predicted molar refractivity (Wildman–Crippen MR) is 81.9 cm³/mol. The summed E-state index contributed by atoms with van der Waals surface area (Å²) >= 11 is 0. The minimum atomic E-state index is -5.54. The molecule has 2 aromatic carbocycles. The number of fused-ring (bicyclic) bond motifs is 1. The summed E-state index contributed by atoms with van der Waals surface area (Å²) in [4.78, 5) is 19.6. The van der Waals surface area contributed by atoms with Gasteiger partial charge in [0.2, 0.25) is 0 Å². The topological polar surface area (TPSA) is 209 Å². The molecule has 0 fully saturated rings. The van der Waals surface area contributed by atoms with Gasteiger partial charge in [0.1, 0.15) is 9.79 Å². The fourth-order valence-electron chi connectivity index (χ4n) is 2.40. The molecular weight excluding hydrogens is 382 g/mol. The minimum absolute atomic E-state index is 0.447. The Morgan fingerprint density at radius 1 is 0.880 bits per heavy atom. The number of benzene rings is 2. The van der Waals surface area contributed by atoms with Crippen molar-refractivity contribution in [2.45, 2.75) is 9.79 Å². The first-order chi connectivity index (χ1) is 11.3. The summed E-state index contributed by atoms with van der Waals surface area (Å²) < 4.78 is 64.9. The molecule has 2 aromatic rings. The van der Waals surface area contributed by atoms with Gasteiger partial charge < -0.3 is 15.9 Å². The Morgan fingerprint density at radius 3 is 1.80 bits per heavy atom. The van der Waals surface area contributed by atoms with Gasteiger partial charge >= 0.3 is 11.9 Å². The molecule has 0 saturated carbocycles. The molecule has 0 spiro atoms. The van der Waals surface area contributed by atoms with Crippen LogP contribution in [0.1, 0.15) is 20.7 Å². The fourth-order valence-corrected chi connectivity index (χ4v) is 4.55. The van der Waals surface area contributed by atoms with Crippen molar-refractivity contribution in [1.82, 2.24) is 0 Å². The highest BCUT2D eigenvalue weighted by molar-refractivity contribution is 7.89. The number of hydrogen-bond donors (Lipinski definition) is 5. The van der Waals surface area contributed by atoms with Crippen LogP contribution in [-0.4, -0.2) is 48.1 Å². The highest BCUT2D eigenvalue weighted by Gasteiger charge is 2.36. The second-order valence-electron chi connectivity index (χ2n) is 4.74. The van der Waals surface area contributed by atoms with E-state index in [2.05, 4.69) is 0 Å². The van der Waals surface area contributed by atoms with Crippen molar-refractivity contribution in [3.05, 3.63) is 29.3 Å². The van der Waals surface area contributed by atoms with E-state index >= 15 is 0 Å². The van der Waals surface area contributed by atoms with Crippen LogP contribution in [0.25, 0.3) is 10.8 Å². The first-order valence-corrected chi connectivity index (χ1v) is 8.96. The number of carboxylic acids is 2. The van der Waals surface area contributed by atoms with E-state index in [-0.39, 0.29) is 0 Å². The molecule has 0 aliphatic carbocycles. The Labute approximate surface area is 139 Å².